The van der Waals surface area contributed by atoms with Gasteiger partial charge >= 0.3 is 0 Å². The van der Waals surface area contributed by atoms with Gasteiger partial charge in [-0.2, -0.15) is 0 Å². The Labute approximate surface area is 222 Å². The van der Waals surface area contributed by atoms with Crippen LogP contribution in [0, 0.1) is 6.07 Å². The zero-order valence-electron chi connectivity index (χ0n) is 20.3. The molecule has 0 aliphatic rings. The summed E-state index contributed by atoms with van der Waals surface area (Å²) in [5.41, 5.74) is 5.51. The number of aromatic nitrogens is 2. The van der Waals surface area contributed by atoms with Crippen LogP contribution in [-0.4, -0.2) is 9.38 Å². The molecule has 175 valence electrons. The minimum Gasteiger partial charge on any atom is -0.291 e. The van der Waals surface area contributed by atoms with E-state index in [-0.39, 0.29) is 0 Å². The number of thiophene rings is 1. The summed E-state index contributed by atoms with van der Waals surface area (Å²) < 4.78 is 4.88. The van der Waals surface area contributed by atoms with Crippen molar-refractivity contribution in [1.29, 1.82) is 0 Å². The molecule has 0 aliphatic heterocycles. The van der Waals surface area contributed by atoms with Crippen molar-refractivity contribution in [1.82, 2.24) is 9.38 Å². The summed E-state index contributed by atoms with van der Waals surface area (Å²) in [5, 5.41) is 10.0. The molecule has 0 bridgehead atoms. The van der Waals surface area contributed by atoms with Gasteiger partial charge in [0.05, 0.1) is 21.4 Å². The average Bonchev–Trinajstić information content (AvgIpc) is 3.55. The lowest BCUT2D eigenvalue weighted by molar-refractivity contribution is 1.25. The second-order valence-corrected chi connectivity index (χ2v) is 11.0. The van der Waals surface area contributed by atoms with Crippen LogP contribution < -0.4 is 0 Å². The van der Waals surface area contributed by atoms with Gasteiger partial charge in [-0.15, -0.1) is 11.3 Å². The lowest BCUT2D eigenvalue weighted by atomic mass is 10.0. The van der Waals surface area contributed by atoms with Gasteiger partial charge < -0.3 is 0 Å². The molecule has 1 radical (unpaired) electrons. The number of rotatable bonds is 1. The molecule has 0 saturated carbocycles. The summed E-state index contributed by atoms with van der Waals surface area (Å²) in [5.74, 6) is 0. The van der Waals surface area contributed by atoms with Gasteiger partial charge in [-0.1, -0.05) is 84.9 Å². The van der Waals surface area contributed by atoms with Gasteiger partial charge in [-0.05, 0) is 68.9 Å². The van der Waals surface area contributed by atoms with E-state index >= 15 is 0 Å². The largest absolute Gasteiger partial charge is 0.291 e. The predicted molar refractivity (Wildman–Crippen MR) is 162 cm³/mol. The fourth-order valence-electron chi connectivity index (χ4n) is 6.12. The lowest BCUT2D eigenvalue weighted by Crippen LogP contribution is -1.92. The maximum atomic E-state index is 5.41. The van der Waals surface area contributed by atoms with Crippen molar-refractivity contribution in [2.24, 2.45) is 0 Å². The van der Waals surface area contributed by atoms with E-state index in [1.165, 1.54) is 52.5 Å². The summed E-state index contributed by atoms with van der Waals surface area (Å²) in [6.07, 6.45) is 0. The van der Waals surface area contributed by atoms with Crippen LogP contribution in [0.4, 0.5) is 0 Å². The molecule has 9 rings (SSSR count). The minimum atomic E-state index is 1.02. The molecule has 3 heterocycles. The van der Waals surface area contributed by atoms with Crippen LogP contribution in [-0.2, 0) is 0 Å². The van der Waals surface area contributed by atoms with Crippen LogP contribution in [0.25, 0.3) is 80.4 Å². The Kier molecular flexibility index (Phi) is 3.96. The summed E-state index contributed by atoms with van der Waals surface area (Å²) in [4.78, 5) is 5.41. The molecular weight excluding hydrogens is 480 g/mol. The highest BCUT2D eigenvalue weighted by Gasteiger charge is 2.19. The number of pyridine rings is 1. The Hall–Kier alpha value is -4.73. The van der Waals surface area contributed by atoms with Gasteiger partial charge in [0.25, 0.3) is 0 Å². The molecule has 6 aromatic carbocycles. The first-order valence-electron chi connectivity index (χ1n) is 12.8. The summed E-state index contributed by atoms with van der Waals surface area (Å²) in [6, 6.07) is 44.6. The molecule has 0 aliphatic carbocycles. The van der Waals surface area contributed by atoms with Gasteiger partial charge in [0, 0.05) is 20.9 Å². The lowest BCUT2D eigenvalue weighted by Gasteiger charge is -2.09. The Balaban J connectivity index is 1.52. The van der Waals surface area contributed by atoms with Gasteiger partial charge in [0.15, 0.2) is 5.65 Å². The van der Waals surface area contributed by atoms with Crippen molar-refractivity contribution in [2.75, 3.05) is 0 Å². The molecule has 0 atom stereocenters. The standard InChI is InChI=1S/C35H19N2S/c1-2-9-22(10-3-1)30-20-28-32-26-13-7-6-8-21(26)15-17-31(32)38-34(28)35-36-33-27-19-24-12-5-4-11-23(24)18-25(27)14-16-29(33)37(30)35/h2-20H. The first-order valence-corrected chi connectivity index (χ1v) is 13.6. The van der Waals surface area contributed by atoms with E-state index in [0.29, 0.717) is 0 Å². The van der Waals surface area contributed by atoms with Gasteiger partial charge in [-0.3, -0.25) is 4.40 Å². The Morgan fingerprint density at radius 1 is 0.632 bits per heavy atom. The third kappa shape index (κ3) is 2.69. The SMILES string of the molecule is [c]1ccc(-c2cc3c(sc4ccc5ccccc5c43)c3nc4c5cc6ccccc6cc5ccc4n23)cc1. The average molecular weight is 500 g/mol. The first-order chi connectivity index (χ1) is 18.8. The van der Waals surface area contributed by atoms with E-state index in [0.717, 1.165) is 27.9 Å². The summed E-state index contributed by atoms with van der Waals surface area (Å²) in [7, 11) is 0. The van der Waals surface area contributed by atoms with Crippen molar-refractivity contribution in [2.45, 2.75) is 0 Å². The fraction of sp³-hybridized carbons (Fsp3) is 0. The molecule has 0 spiro atoms. The molecule has 0 amide bonds. The molecule has 0 fully saturated rings. The Morgan fingerprint density at radius 3 is 2.26 bits per heavy atom. The van der Waals surface area contributed by atoms with Crippen LogP contribution in [0.15, 0.2) is 115 Å². The van der Waals surface area contributed by atoms with Crippen molar-refractivity contribution in [3.05, 3.63) is 121 Å². The third-order valence-electron chi connectivity index (χ3n) is 7.86. The first kappa shape index (κ1) is 20.3. The molecule has 0 N–H and O–H groups in total. The summed E-state index contributed by atoms with van der Waals surface area (Å²) >= 11 is 1.84. The van der Waals surface area contributed by atoms with Crippen molar-refractivity contribution in [3.63, 3.8) is 0 Å². The maximum Gasteiger partial charge on any atom is 0.156 e. The zero-order valence-corrected chi connectivity index (χ0v) is 21.1. The van der Waals surface area contributed by atoms with E-state index in [1.54, 1.807) is 0 Å². The minimum absolute atomic E-state index is 1.02. The molecule has 3 aromatic heterocycles. The Bertz CT molecular complexity index is 2390. The normalized spacial score (nSPS) is 12.2. The molecule has 0 saturated heterocycles. The van der Waals surface area contributed by atoms with Gasteiger partial charge in [0.2, 0.25) is 0 Å². The zero-order chi connectivity index (χ0) is 24.8. The maximum absolute atomic E-state index is 5.41. The topological polar surface area (TPSA) is 17.3 Å². The molecule has 38 heavy (non-hydrogen) atoms. The van der Waals surface area contributed by atoms with Crippen LogP contribution in [0.1, 0.15) is 0 Å². The number of fused-ring (bicyclic) bond motifs is 12. The molecular formula is C35H19N2S. The number of hydrogen-bond acceptors (Lipinski definition) is 2. The molecule has 2 nitrogen and oxygen atoms in total. The predicted octanol–water partition coefficient (Wildman–Crippen LogP) is 9.78. The number of imidazole rings is 1. The van der Waals surface area contributed by atoms with Crippen LogP contribution in [0.5, 0.6) is 0 Å². The van der Waals surface area contributed by atoms with E-state index in [2.05, 4.69) is 114 Å². The van der Waals surface area contributed by atoms with E-state index in [1.807, 2.05) is 23.5 Å². The van der Waals surface area contributed by atoms with Crippen LogP contribution in [0.3, 0.4) is 0 Å². The van der Waals surface area contributed by atoms with Crippen LogP contribution >= 0.6 is 11.3 Å². The number of nitrogens with zero attached hydrogens (tertiary/aromatic N) is 2. The van der Waals surface area contributed by atoms with Crippen molar-refractivity contribution in [3.8, 4) is 11.3 Å². The number of hydrogen-bond donors (Lipinski definition) is 0. The van der Waals surface area contributed by atoms with Gasteiger partial charge in [-0.25, -0.2) is 4.98 Å². The monoisotopic (exact) mass is 499 g/mol. The van der Waals surface area contributed by atoms with E-state index in [4.69, 9.17) is 4.98 Å². The third-order valence-corrected chi connectivity index (χ3v) is 9.03. The second-order valence-electron chi connectivity index (χ2n) is 9.95. The number of benzene rings is 6. The van der Waals surface area contributed by atoms with E-state index < -0.39 is 0 Å². The molecule has 0 unspecified atom stereocenters. The highest BCUT2D eigenvalue weighted by atomic mass is 32.1. The summed E-state index contributed by atoms with van der Waals surface area (Å²) in [6.45, 7) is 0. The van der Waals surface area contributed by atoms with Gasteiger partial charge in [0.1, 0.15) is 0 Å². The fourth-order valence-corrected chi connectivity index (χ4v) is 7.30. The Morgan fingerprint density at radius 2 is 1.39 bits per heavy atom. The van der Waals surface area contributed by atoms with Crippen molar-refractivity contribution < 1.29 is 0 Å². The quantitative estimate of drug-likeness (QED) is 0.205. The highest BCUT2D eigenvalue weighted by Crippen LogP contribution is 2.43. The molecule has 3 heteroatoms. The second kappa shape index (κ2) is 7.41. The van der Waals surface area contributed by atoms with E-state index in [9.17, 15) is 0 Å². The van der Waals surface area contributed by atoms with Crippen LogP contribution in [0.2, 0.25) is 0 Å². The highest BCUT2D eigenvalue weighted by molar-refractivity contribution is 7.26. The smallest absolute Gasteiger partial charge is 0.156 e. The van der Waals surface area contributed by atoms with Crippen molar-refractivity contribution >= 4 is 80.5 Å². The molecule has 9 aromatic rings.